The molecule has 130 valence electrons. The van der Waals surface area contributed by atoms with E-state index in [1.165, 1.54) is 4.31 Å². The first-order valence-electron chi connectivity index (χ1n) is 7.26. The van der Waals surface area contributed by atoms with Crippen LogP contribution in [0, 0.1) is 11.3 Å². The molecule has 3 atom stereocenters. The maximum Gasteiger partial charge on any atom is 0.395 e. The second-order valence-electron chi connectivity index (χ2n) is 7.02. The van der Waals surface area contributed by atoms with Crippen molar-refractivity contribution in [3.63, 3.8) is 0 Å². The lowest BCUT2D eigenvalue weighted by molar-refractivity contribution is -0.203. The molecule has 2 saturated heterocycles. The molecule has 2 heterocycles. The molecule has 0 aromatic rings. The molecule has 22 heavy (non-hydrogen) atoms. The third-order valence-corrected chi connectivity index (χ3v) is 7.13. The van der Waals surface area contributed by atoms with E-state index in [9.17, 15) is 26.7 Å². The van der Waals surface area contributed by atoms with Crippen LogP contribution in [0.2, 0.25) is 0 Å². The van der Waals surface area contributed by atoms with E-state index in [0.29, 0.717) is 6.42 Å². The Morgan fingerprint density at radius 1 is 1.23 bits per heavy atom. The molecule has 0 radical (unpaired) electrons. The second kappa shape index (κ2) is 5.61. The summed E-state index contributed by atoms with van der Waals surface area (Å²) in [6.07, 6.45) is -3.89. The number of likely N-dealkylation sites (tertiary alicyclic amines) is 1. The molecule has 0 aliphatic carbocycles. The van der Waals surface area contributed by atoms with Gasteiger partial charge in [-0.1, -0.05) is 13.8 Å². The number of likely N-dealkylation sites (N-methyl/N-ethyl adjacent to an activating group) is 1. The number of sulfonamides is 1. The highest BCUT2D eigenvalue weighted by molar-refractivity contribution is 7.89. The van der Waals surface area contributed by atoms with Gasteiger partial charge in [-0.2, -0.15) is 17.5 Å². The number of fused-ring (bicyclic) bond motifs is 1. The molecule has 2 aliphatic heterocycles. The molecule has 0 aromatic heterocycles. The van der Waals surface area contributed by atoms with Gasteiger partial charge in [0.15, 0.2) is 0 Å². The Morgan fingerprint density at radius 3 is 2.27 bits per heavy atom. The van der Waals surface area contributed by atoms with E-state index in [1.807, 2.05) is 11.9 Å². The topological polar surface area (TPSA) is 60.9 Å². The fourth-order valence-corrected chi connectivity index (χ4v) is 5.41. The molecule has 0 bridgehead atoms. The first-order chi connectivity index (χ1) is 9.89. The predicted molar refractivity (Wildman–Crippen MR) is 75.7 cm³/mol. The molecule has 2 rings (SSSR count). The van der Waals surface area contributed by atoms with E-state index in [1.54, 1.807) is 0 Å². The van der Waals surface area contributed by atoms with E-state index >= 15 is 0 Å². The zero-order valence-corrected chi connectivity index (χ0v) is 13.8. The average molecular weight is 344 g/mol. The maximum atomic E-state index is 12.9. The van der Waals surface area contributed by atoms with Crippen LogP contribution in [0.3, 0.4) is 0 Å². The second-order valence-corrected chi connectivity index (χ2v) is 8.99. The number of aliphatic hydroxyl groups is 1. The van der Waals surface area contributed by atoms with Crippen molar-refractivity contribution in [3.8, 4) is 0 Å². The zero-order chi connectivity index (χ0) is 16.9. The number of alkyl halides is 3. The Labute approximate surface area is 129 Å². The van der Waals surface area contributed by atoms with Crippen LogP contribution in [0.25, 0.3) is 0 Å². The van der Waals surface area contributed by atoms with Crippen LogP contribution in [0.4, 0.5) is 13.2 Å². The molecular weight excluding hydrogens is 321 g/mol. The average Bonchev–Trinajstić information content (AvgIpc) is 2.87. The van der Waals surface area contributed by atoms with Gasteiger partial charge in [-0.15, -0.1) is 0 Å². The van der Waals surface area contributed by atoms with Crippen LogP contribution in [0.1, 0.15) is 20.3 Å². The lowest BCUT2D eigenvalue weighted by Gasteiger charge is -2.30. The summed E-state index contributed by atoms with van der Waals surface area (Å²) in [5, 5.41) is 9.26. The van der Waals surface area contributed by atoms with Crippen molar-refractivity contribution in [2.24, 2.45) is 11.3 Å². The molecule has 0 saturated carbocycles. The Morgan fingerprint density at radius 2 is 1.82 bits per heavy atom. The summed E-state index contributed by atoms with van der Waals surface area (Å²) in [5.41, 5.74) is -2.27. The third-order valence-electron chi connectivity index (χ3n) is 4.96. The molecule has 2 aliphatic rings. The minimum Gasteiger partial charge on any atom is -0.395 e. The molecule has 1 N–H and O–H groups in total. The van der Waals surface area contributed by atoms with Crippen molar-refractivity contribution >= 4 is 10.0 Å². The van der Waals surface area contributed by atoms with Crippen molar-refractivity contribution in [2.75, 3.05) is 32.5 Å². The SMILES string of the molecule is CN1[C@@H](CO)C[C@@H]2CN(S(=O)(=O)CC(C)(C)C(F)(F)F)C[C@@H]21. The van der Waals surface area contributed by atoms with Crippen LogP contribution in [0.5, 0.6) is 0 Å². The Hall–Kier alpha value is -0.380. The predicted octanol–water partition coefficient (Wildman–Crippen LogP) is 0.901. The van der Waals surface area contributed by atoms with E-state index < -0.39 is 27.4 Å². The van der Waals surface area contributed by atoms with Gasteiger partial charge in [-0.05, 0) is 19.4 Å². The number of hydrogen-bond acceptors (Lipinski definition) is 4. The van der Waals surface area contributed by atoms with Gasteiger partial charge in [0.25, 0.3) is 0 Å². The summed E-state index contributed by atoms with van der Waals surface area (Å²) in [4.78, 5) is 1.94. The monoisotopic (exact) mass is 344 g/mol. The number of rotatable bonds is 4. The first kappa shape index (κ1) is 18.0. The molecule has 0 amide bonds. The number of aliphatic hydroxyl groups excluding tert-OH is 1. The maximum absolute atomic E-state index is 12.9. The van der Waals surface area contributed by atoms with Crippen molar-refractivity contribution in [1.29, 1.82) is 0 Å². The summed E-state index contributed by atoms with van der Waals surface area (Å²) in [6.45, 7) is 2.28. The van der Waals surface area contributed by atoms with Gasteiger partial charge >= 0.3 is 6.18 Å². The Balaban J connectivity index is 2.08. The summed E-state index contributed by atoms with van der Waals surface area (Å²) in [7, 11) is -2.15. The highest BCUT2D eigenvalue weighted by atomic mass is 32.2. The summed E-state index contributed by atoms with van der Waals surface area (Å²) in [6, 6.07) is -0.0209. The van der Waals surface area contributed by atoms with Crippen molar-refractivity contribution in [2.45, 2.75) is 38.5 Å². The third kappa shape index (κ3) is 3.13. The van der Waals surface area contributed by atoms with Crippen LogP contribution in [0.15, 0.2) is 0 Å². The number of nitrogens with zero attached hydrogens (tertiary/aromatic N) is 2. The van der Waals surface area contributed by atoms with E-state index in [0.717, 1.165) is 13.8 Å². The summed E-state index contributed by atoms with van der Waals surface area (Å²) >= 11 is 0. The van der Waals surface area contributed by atoms with Gasteiger partial charge in [0.1, 0.15) is 0 Å². The Kier molecular flexibility index (Phi) is 4.58. The van der Waals surface area contributed by atoms with Gasteiger partial charge in [-0.3, -0.25) is 4.90 Å². The summed E-state index contributed by atoms with van der Waals surface area (Å²) in [5.74, 6) is -0.860. The molecule has 5 nitrogen and oxygen atoms in total. The normalized spacial score (nSPS) is 31.7. The van der Waals surface area contributed by atoms with Gasteiger partial charge in [-0.25, -0.2) is 8.42 Å². The highest BCUT2D eigenvalue weighted by Gasteiger charge is 2.53. The lowest BCUT2D eigenvalue weighted by Crippen LogP contribution is -2.45. The molecule has 0 unspecified atom stereocenters. The van der Waals surface area contributed by atoms with Gasteiger partial charge in [0, 0.05) is 25.2 Å². The van der Waals surface area contributed by atoms with Crippen LogP contribution in [-0.4, -0.2) is 73.5 Å². The largest absolute Gasteiger partial charge is 0.395 e. The van der Waals surface area contributed by atoms with Crippen LogP contribution >= 0.6 is 0 Å². The molecule has 0 aromatic carbocycles. The lowest BCUT2D eigenvalue weighted by atomic mass is 9.96. The van der Waals surface area contributed by atoms with Gasteiger partial charge in [0.2, 0.25) is 10.0 Å². The van der Waals surface area contributed by atoms with Crippen molar-refractivity contribution < 1.29 is 26.7 Å². The Bertz CT molecular complexity index is 521. The minimum absolute atomic E-state index is 0.00599. The number of hydrogen-bond donors (Lipinski definition) is 1. The number of halogens is 3. The molecule has 9 heteroatoms. The summed E-state index contributed by atoms with van der Waals surface area (Å²) < 4.78 is 64.6. The standard InChI is InChI=1S/C13H23F3N2O3S/c1-12(2,13(14,15)16)8-22(20,21)18-5-9-4-10(7-19)17(3)11(9)6-18/h9-11,19H,4-8H2,1-3H3/t9-,10-,11+/m1/s1. The van der Waals surface area contributed by atoms with Gasteiger partial charge in [0.05, 0.1) is 17.8 Å². The van der Waals surface area contributed by atoms with E-state index in [4.69, 9.17) is 0 Å². The smallest absolute Gasteiger partial charge is 0.395 e. The molecule has 0 spiro atoms. The van der Waals surface area contributed by atoms with Crippen molar-refractivity contribution in [3.05, 3.63) is 0 Å². The fourth-order valence-electron chi connectivity index (χ4n) is 3.35. The fraction of sp³-hybridized carbons (Fsp3) is 1.00. The zero-order valence-electron chi connectivity index (χ0n) is 13.0. The van der Waals surface area contributed by atoms with Crippen LogP contribution < -0.4 is 0 Å². The molecular formula is C13H23F3N2O3S. The quantitative estimate of drug-likeness (QED) is 0.823. The first-order valence-corrected chi connectivity index (χ1v) is 8.87. The van der Waals surface area contributed by atoms with Gasteiger partial charge < -0.3 is 5.11 Å². The highest BCUT2D eigenvalue weighted by Crippen LogP contribution is 2.41. The van der Waals surface area contributed by atoms with Crippen LogP contribution in [-0.2, 0) is 10.0 Å². The van der Waals surface area contributed by atoms with Crippen molar-refractivity contribution in [1.82, 2.24) is 9.21 Å². The van der Waals surface area contributed by atoms with E-state index in [-0.39, 0.29) is 37.7 Å². The molecule has 2 fully saturated rings. The minimum atomic E-state index is -4.56. The van der Waals surface area contributed by atoms with E-state index in [2.05, 4.69) is 0 Å².